The van der Waals surface area contributed by atoms with E-state index in [9.17, 15) is 4.79 Å². The molecule has 1 fully saturated rings. The van der Waals surface area contributed by atoms with E-state index in [1.165, 1.54) is 19.3 Å². The van der Waals surface area contributed by atoms with Gasteiger partial charge >= 0.3 is 0 Å². The summed E-state index contributed by atoms with van der Waals surface area (Å²) < 4.78 is 0. The zero-order valence-corrected chi connectivity index (χ0v) is 13.8. The van der Waals surface area contributed by atoms with Crippen LogP contribution in [0.3, 0.4) is 0 Å². The van der Waals surface area contributed by atoms with Crippen LogP contribution in [0.2, 0.25) is 0 Å². The molecule has 0 radical (unpaired) electrons. The van der Waals surface area contributed by atoms with E-state index in [4.69, 9.17) is 0 Å². The van der Waals surface area contributed by atoms with Crippen LogP contribution in [0.4, 0.5) is 0 Å². The van der Waals surface area contributed by atoms with Gasteiger partial charge in [0.1, 0.15) is 0 Å². The molecular formula is C16H33N3O. The lowest BCUT2D eigenvalue weighted by molar-refractivity contribution is -0.124. The molecule has 1 rings (SSSR count). The number of likely N-dealkylation sites (tertiary alicyclic amines) is 1. The lowest BCUT2D eigenvalue weighted by atomic mass is 9.96. The predicted octanol–water partition coefficient (Wildman–Crippen LogP) is 2.00. The summed E-state index contributed by atoms with van der Waals surface area (Å²) in [6.07, 6.45) is 4.58. The zero-order chi connectivity index (χ0) is 15.0. The minimum atomic E-state index is -0.0839. The smallest absolute Gasteiger partial charge is 0.234 e. The first-order valence-electron chi connectivity index (χ1n) is 8.21. The number of amides is 1. The van der Waals surface area contributed by atoms with Gasteiger partial charge in [-0.15, -0.1) is 0 Å². The van der Waals surface area contributed by atoms with E-state index in [2.05, 4.69) is 43.2 Å². The van der Waals surface area contributed by atoms with Gasteiger partial charge in [0.15, 0.2) is 0 Å². The maximum Gasteiger partial charge on any atom is 0.234 e. The van der Waals surface area contributed by atoms with Gasteiger partial charge in [0.2, 0.25) is 5.91 Å². The van der Waals surface area contributed by atoms with Crippen LogP contribution in [0.5, 0.6) is 0 Å². The predicted molar refractivity (Wildman–Crippen MR) is 84.8 cm³/mol. The largest absolute Gasteiger partial charge is 0.350 e. The summed E-state index contributed by atoms with van der Waals surface area (Å²) in [6.45, 7) is 13.4. The Morgan fingerprint density at radius 1 is 1.25 bits per heavy atom. The average molecular weight is 283 g/mol. The third kappa shape index (κ3) is 6.71. The Bertz CT molecular complexity index is 283. The topological polar surface area (TPSA) is 44.4 Å². The van der Waals surface area contributed by atoms with Crippen molar-refractivity contribution < 1.29 is 4.79 Å². The van der Waals surface area contributed by atoms with Crippen LogP contribution >= 0.6 is 0 Å². The van der Waals surface area contributed by atoms with E-state index >= 15 is 0 Å². The van der Waals surface area contributed by atoms with Gasteiger partial charge in [0, 0.05) is 5.54 Å². The number of piperidine rings is 1. The highest BCUT2D eigenvalue weighted by atomic mass is 16.2. The molecule has 20 heavy (non-hydrogen) atoms. The number of nitrogens with zero attached hydrogens (tertiary/aromatic N) is 1. The van der Waals surface area contributed by atoms with Gasteiger partial charge in [0.05, 0.1) is 6.54 Å². The minimum Gasteiger partial charge on any atom is -0.350 e. The molecule has 1 saturated heterocycles. The van der Waals surface area contributed by atoms with Crippen molar-refractivity contribution in [2.24, 2.45) is 5.92 Å². The molecule has 1 amide bonds. The number of hydrogen-bond acceptors (Lipinski definition) is 3. The molecule has 4 nitrogen and oxygen atoms in total. The number of rotatable bonds is 8. The van der Waals surface area contributed by atoms with Gasteiger partial charge in [-0.2, -0.15) is 0 Å². The zero-order valence-electron chi connectivity index (χ0n) is 13.8. The highest BCUT2D eigenvalue weighted by Crippen LogP contribution is 2.16. The maximum atomic E-state index is 12.0. The highest BCUT2D eigenvalue weighted by molar-refractivity contribution is 5.78. The molecule has 0 unspecified atom stereocenters. The van der Waals surface area contributed by atoms with E-state index in [-0.39, 0.29) is 11.4 Å². The summed E-state index contributed by atoms with van der Waals surface area (Å²) in [4.78, 5) is 14.3. The molecule has 1 heterocycles. The van der Waals surface area contributed by atoms with Crippen LogP contribution in [0.15, 0.2) is 0 Å². The molecule has 4 heteroatoms. The van der Waals surface area contributed by atoms with E-state index in [0.717, 1.165) is 38.5 Å². The Kier molecular flexibility index (Phi) is 7.52. The Morgan fingerprint density at radius 3 is 2.45 bits per heavy atom. The quantitative estimate of drug-likeness (QED) is 0.670. The number of carbonyl (C=O) groups excluding carboxylic acids is 1. The van der Waals surface area contributed by atoms with Crippen molar-refractivity contribution in [1.29, 1.82) is 0 Å². The van der Waals surface area contributed by atoms with Crippen molar-refractivity contribution in [3.8, 4) is 0 Å². The molecule has 0 saturated carbocycles. The van der Waals surface area contributed by atoms with Gasteiger partial charge in [-0.25, -0.2) is 0 Å². The molecule has 0 aromatic heterocycles. The molecule has 2 N–H and O–H groups in total. The third-order valence-corrected chi connectivity index (χ3v) is 4.30. The Morgan fingerprint density at radius 2 is 1.90 bits per heavy atom. The molecule has 0 bridgehead atoms. The molecule has 0 aliphatic carbocycles. The van der Waals surface area contributed by atoms with E-state index in [1.807, 2.05) is 0 Å². The first-order valence-corrected chi connectivity index (χ1v) is 8.21. The highest BCUT2D eigenvalue weighted by Gasteiger charge is 2.23. The molecule has 1 aliphatic heterocycles. The summed E-state index contributed by atoms with van der Waals surface area (Å²) in [5.41, 5.74) is -0.0839. The second-order valence-corrected chi connectivity index (χ2v) is 6.71. The molecular weight excluding hydrogens is 250 g/mol. The van der Waals surface area contributed by atoms with E-state index in [1.54, 1.807) is 0 Å². The van der Waals surface area contributed by atoms with Gasteiger partial charge in [-0.1, -0.05) is 13.8 Å². The van der Waals surface area contributed by atoms with Crippen LogP contribution in [0.25, 0.3) is 0 Å². The summed E-state index contributed by atoms with van der Waals surface area (Å²) in [5.74, 6) is 0.951. The molecule has 118 valence electrons. The van der Waals surface area contributed by atoms with Gasteiger partial charge < -0.3 is 10.6 Å². The van der Waals surface area contributed by atoms with Crippen molar-refractivity contribution >= 4 is 5.91 Å². The van der Waals surface area contributed by atoms with Gasteiger partial charge in [-0.3, -0.25) is 9.69 Å². The second-order valence-electron chi connectivity index (χ2n) is 6.71. The summed E-state index contributed by atoms with van der Waals surface area (Å²) >= 11 is 0. The maximum absolute atomic E-state index is 12.0. The third-order valence-electron chi connectivity index (χ3n) is 4.30. The summed E-state index contributed by atoms with van der Waals surface area (Å²) in [5, 5.41) is 6.61. The molecule has 0 spiro atoms. The van der Waals surface area contributed by atoms with Crippen LogP contribution in [0, 0.1) is 5.92 Å². The fraction of sp³-hybridized carbons (Fsp3) is 0.938. The number of nitrogens with one attached hydrogen (secondary N) is 2. The summed E-state index contributed by atoms with van der Waals surface area (Å²) in [6, 6.07) is 0. The van der Waals surface area contributed by atoms with Crippen LogP contribution in [-0.2, 0) is 4.79 Å². The lowest BCUT2D eigenvalue weighted by Gasteiger charge is -2.33. The number of carbonyl (C=O) groups is 1. The van der Waals surface area contributed by atoms with Crippen molar-refractivity contribution in [1.82, 2.24) is 15.5 Å². The molecule has 1 aliphatic rings. The van der Waals surface area contributed by atoms with E-state index < -0.39 is 0 Å². The first kappa shape index (κ1) is 17.4. The van der Waals surface area contributed by atoms with Crippen LogP contribution < -0.4 is 10.6 Å². The average Bonchev–Trinajstić information content (AvgIpc) is 2.40. The van der Waals surface area contributed by atoms with Crippen LogP contribution in [-0.4, -0.2) is 49.1 Å². The van der Waals surface area contributed by atoms with E-state index in [0.29, 0.717) is 6.54 Å². The van der Waals surface area contributed by atoms with Gasteiger partial charge in [-0.05, 0) is 71.6 Å². The standard InChI is InChI=1S/C16H33N3O/c1-5-9-17-12-14-7-10-19(11-8-14)13-15(20)18-16(3,4)6-2/h14,17H,5-13H2,1-4H3,(H,18,20). The monoisotopic (exact) mass is 283 g/mol. The van der Waals surface area contributed by atoms with Crippen molar-refractivity contribution in [2.45, 2.75) is 58.9 Å². The van der Waals surface area contributed by atoms with Crippen molar-refractivity contribution in [2.75, 3.05) is 32.7 Å². The van der Waals surface area contributed by atoms with Gasteiger partial charge in [0.25, 0.3) is 0 Å². The summed E-state index contributed by atoms with van der Waals surface area (Å²) in [7, 11) is 0. The number of hydrogen-bond donors (Lipinski definition) is 2. The molecule has 0 aromatic carbocycles. The van der Waals surface area contributed by atoms with Crippen LogP contribution in [0.1, 0.15) is 53.4 Å². The van der Waals surface area contributed by atoms with Crippen molar-refractivity contribution in [3.05, 3.63) is 0 Å². The SMILES string of the molecule is CCCNCC1CCN(CC(=O)NC(C)(C)CC)CC1. The normalized spacial score (nSPS) is 18.2. The second kappa shape index (κ2) is 8.63. The fourth-order valence-corrected chi connectivity index (χ4v) is 2.54. The minimum absolute atomic E-state index is 0.0839. The Balaban J connectivity index is 2.20. The Hall–Kier alpha value is -0.610. The molecule has 0 aromatic rings. The first-order chi connectivity index (χ1) is 9.46. The Labute approximate surface area is 124 Å². The lowest BCUT2D eigenvalue weighted by Crippen LogP contribution is -2.49. The van der Waals surface area contributed by atoms with Crippen molar-refractivity contribution in [3.63, 3.8) is 0 Å². The molecule has 0 atom stereocenters. The fourth-order valence-electron chi connectivity index (χ4n) is 2.54.